The van der Waals surface area contributed by atoms with Crippen molar-refractivity contribution >= 4 is 5.91 Å². The number of carbonyl (C=O) groups is 1. The molecule has 0 radical (unpaired) electrons. The standard InChI is InChI=1S/C13H19NO3/c1-17-10-12-5-2-4-11(8-12)9-14-13(16)6-3-7-15/h2,4-5,8,15H,3,6-7,9-10H2,1H3,(H,14,16). The lowest BCUT2D eigenvalue weighted by atomic mass is 10.1. The van der Waals surface area contributed by atoms with Gasteiger partial charge in [-0.05, 0) is 17.5 Å². The molecule has 0 saturated heterocycles. The summed E-state index contributed by atoms with van der Waals surface area (Å²) in [6.07, 6.45) is 0.879. The average molecular weight is 237 g/mol. The summed E-state index contributed by atoms with van der Waals surface area (Å²) in [6.45, 7) is 1.14. The summed E-state index contributed by atoms with van der Waals surface area (Å²) in [5.41, 5.74) is 2.14. The van der Waals surface area contributed by atoms with Gasteiger partial charge in [0.1, 0.15) is 0 Å². The minimum Gasteiger partial charge on any atom is -0.396 e. The number of carbonyl (C=O) groups excluding carboxylic acids is 1. The van der Waals surface area contributed by atoms with Crippen molar-refractivity contribution in [3.8, 4) is 0 Å². The zero-order valence-electron chi connectivity index (χ0n) is 10.1. The molecule has 0 saturated carbocycles. The predicted octanol–water partition coefficient (Wildman–Crippen LogP) is 1.22. The first-order valence-corrected chi connectivity index (χ1v) is 5.70. The molecule has 0 atom stereocenters. The smallest absolute Gasteiger partial charge is 0.220 e. The highest BCUT2D eigenvalue weighted by Gasteiger charge is 2.01. The Kier molecular flexibility index (Phi) is 6.29. The van der Waals surface area contributed by atoms with Gasteiger partial charge in [-0.3, -0.25) is 4.79 Å². The summed E-state index contributed by atoms with van der Waals surface area (Å²) in [4.78, 5) is 11.3. The summed E-state index contributed by atoms with van der Waals surface area (Å²) >= 11 is 0. The molecule has 0 aliphatic rings. The molecule has 1 amide bonds. The SMILES string of the molecule is COCc1cccc(CNC(=O)CCCO)c1. The van der Waals surface area contributed by atoms with Gasteiger partial charge in [-0.1, -0.05) is 24.3 Å². The van der Waals surface area contributed by atoms with Crippen LogP contribution in [0.15, 0.2) is 24.3 Å². The topological polar surface area (TPSA) is 58.6 Å². The monoisotopic (exact) mass is 237 g/mol. The number of amides is 1. The Labute approximate surface area is 102 Å². The fourth-order valence-electron chi connectivity index (χ4n) is 1.52. The third-order valence-corrected chi connectivity index (χ3v) is 2.35. The van der Waals surface area contributed by atoms with Crippen molar-refractivity contribution in [3.05, 3.63) is 35.4 Å². The molecule has 0 unspecified atom stereocenters. The van der Waals surface area contributed by atoms with Crippen LogP contribution in [-0.4, -0.2) is 24.7 Å². The Morgan fingerprint density at radius 3 is 2.88 bits per heavy atom. The van der Waals surface area contributed by atoms with Gasteiger partial charge in [0.15, 0.2) is 0 Å². The van der Waals surface area contributed by atoms with E-state index in [2.05, 4.69) is 5.32 Å². The molecule has 4 heteroatoms. The lowest BCUT2D eigenvalue weighted by molar-refractivity contribution is -0.121. The number of hydrogen-bond acceptors (Lipinski definition) is 3. The van der Waals surface area contributed by atoms with E-state index < -0.39 is 0 Å². The van der Waals surface area contributed by atoms with Gasteiger partial charge in [-0.25, -0.2) is 0 Å². The van der Waals surface area contributed by atoms with Crippen LogP contribution in [0.25, 0.3) is 0 Å². The molecule has 0 heterocycles. The Bertz CT molecular complexity index is 352. The first kappa shape index (κ1) is 13.7. The number of nitrogens with one attached hydrogen (secondary N) is 1. The van der Waals surface area contributed by atoms with E-state index in [0.29, 0.717) is 26.0 Å². The van der Waals surface area contributed by atoms with E-state index in [4.69, 9.17) is 9.84 Å². The van der Waals surface area contributed by atoms with Crippen molar-refractivity contribution in [3.63, 3.8) is 0 Å². The summed E-state index contributed by atoms with van der Waals surface area (Å²) < 4.78 is 5.05. The molecule has 0 bridgehead atoms. The van der Waals surface area contributed by atoms with Gasteiger partial charge in [-0.2, -0.15) is 0 Å². The van der Waals surface area contributed by atoms with Crippen LogP contribution in [0.2, 0.25) is 0 Å². The molecule has 0 aromatic heterocycles. The highest BCUT2D eigenvalue weighted by molar-refractivity contribution is 5.75. The van der Waals surface area contributed by atoms with Crippen molar-refractivity contribution in [2.24, 2.45) is 0 Å². The summed E-state index contributed by atoms with van der Waals surface area (Å²) in [7, 11) is 1.66. The van der Waals surface area contributed by atoms with Crippen LogP contribution in [0.5, 0.6) is 0 Å². The Balaban J connectivity index is 2.40. The maximum Gasteiger partial charge on any atom is 0.220 e. The summed E-state index contributed by atoms with van der Waals surface area (Å²) in [5, 5.41) is 11.4. The second-order valence-corrected chi connectivity index (χ2v) is 3.86. The second-order valence-electron chi connectivity index (χ2n) is 3.86. The van der Waals surface area contributed by atoms with Crippen LogP contribution < -0.4 is 5.32 Å². The number of aliphatic hydroxyl groups excluding tert-OH is 1. The van der Waals surface area contributed by atoms with Crippen LogP contribution in [0.1, 0.15) is 24.0 Å². The van der Waals surface area contributed by atoms with Gasteiger partial charge in [0.2, 0.25) is 5.91 Å². The molecule has 0 spiro atoms. The quantitative estimate of drug-likeness (QED) is 0.749. The van der Waals surface area contributed by atoms with Gasteiger partial charge in [0, 0.05) is 26.7 Å². The average Bonchev–Trinajstić information content (AvgIpc) is 2.35. The minimum absolute atomic E-state index is 0.0313. The first-order valence-electron chi connectivity index (χ1n) is 5.70. The van der Waals surface area contributed by atoms with E-state index in [9.17, 15) is 4.79 Å². The van der Waals surface area contributed by atoms with Crippen LogP contribution in [-0.2, 0) is 22.7 Å². The summed E-state index contributed by atoms with van der Waals surface area (Å²) in [6, 6.07) is 7.91. The maximum absolute atomic E-state index is 11.3. The van der Waals surface area contributed by atoms with Gasteiger partial charge in [-0.15, -0.1) is 0 Å². The lowest BCUT2D eigenvalue weighted by Gasteiger charge is -2.06. The Morgan fingerprint density at radius 2 is 2.18 bits per heavy atom. The molecule has 0 fully saturated rings. The van der Waals surface area contributed by atoms with Crippen LogP contribution >= 0.6 is 0 Å². The van der Waals surface area contributed by atoms with Crippen molar-refractivity contribution in [1.29, 1.82) is 0 Å². The third kappa shape index (κ3) is 5.47. The lowest BCUT2D eigenvalue weighted by Crippen LogP contribution is -2.22. The molecule has 2 N–H and O–H groups in total. The van der Waals surface area contributed by atoms with Crippen molar-refractivity contribution < 1.29 is 14.6 Å². The Morgan fingerprint density at radius 1 is 1.41 bits per heavy atom. The summed E-state index contributed by atoms with van der Waals surface area (Å²) in [5.74, 6) is -0.0313. The minimum atomic E-state index is -0.0313. The van der Waals surface area contributed by atoms with Crippen molar-refractivity contribution in [2.45, 2.75) is 26.0 Å². The zero-order chi connectivity index (χ0) is 12.5. The molecule has 1 aromatic rings. The van der Waals surface area contributed by atoms with E-state index >= 15 is 0 Å². The molecule has 1 rings (SSSR count). The van der Waals surface area contributed by atoms with E-state index in [-0.39, 0.29) is 12.5 Å². The molecular weight excluding hydrogens is 218 g/mol. The van der Waals surface area contributed by atoms with Crippen LogP contribution in [0.3, 0.4) is 0 Å². The highest BCUT2D eigenvalue weighted by Crippen LogP contribution is 2.06. The largest absolute Gasteiger partial charge is 0.396 e. The first-order chi connectivity index (χ1) is 8.26. The molecule has 0 aliphatic heterocycles. The van der Waals surface area contributed by atoms with Crippen LogP contribution in [0, 0.1) is 0 Å². The normalized spacial score (nSPS) is 10.2. The number of benzene rings is 1. The van der Waals surface area contributed by atoms with E-state index in [0.717, 1.165) is 11.1 Å². The molecule has 1 aromatic carbocycles. The maximum atomic E-state index is 11.3. The number of aliphatic hydroxyl groups is 1. The highest BCUT2D eigenvalue weighted by atomic mass is 16.5. The predicted molar refractivity (Wildman–Crippen MR) is 65.3 cm³/mol. The fourth-order valence-corrected chi connectivity index (χ4v) is 1.52. The van der Waals surface area contributed by atoms with Gasteiger partial charge >= 0.3 is 0 Å². The van der Waals surface area contributed by atoms with Crippen molar-refractivity contribution in [1.82, 2.24) is 5.32 Å². The molecule has 17 heavy (non-hydrogen) atoms. The van der Waals surface area contributed by atoms with E-state index in [1.165, 1.54) is 0 Å². The molecule has 0 aliphatic carbocycles. The third-order valence-electron chi connectivity index (χ3n) is 2.35. The molecule has 4 nitrogen and oxygen atoms in total. The molecule has 94 valence electrons. The number of ether oxygens (including phenoxy) is 1. The van der Waals surface area contributed by atoms with Gasteiger partial charge in [0.25, 0.3) is 0 Å². The zero-order valence-corrected chi connectivity index (χ0v) is 10.1. The van der Waals surface area contributed by atoms with E-state index in [1.807, 2.05) is 24.3 Å². The molecular formula is C13H19NO3. The number of rotatable bonds is 7. The second kappa shape index (κ2) is 7.81. The fraction of sp³-hybridized carbons (Fsp3) is 0.462. The Hall–Kier alpha value is -1.39. The number of methoxy groups -OCH3 is 1. The van der Waals surface area contributed by atoms with Gasteiger partial charge < -0.3 is 15.2 Å². The van der Waals surface area contributed by atoms with E-state index in [1.54, 1.807) is 7.11 Å². The van der Waals surface area contributed by atoms with Crippen molar-refractivity contribution in [2.75, 3.05) is 13.7 Å². The van der Waals surface area contributed by atoms with Crippen LogP contribution in [0.4, 0.5) is 0 Å². The number of hydrogen-bond donors (Lipinski definition) is 2. The van der Waals surface area contributed by atoms with Gasteiger partial charge in [0.05, 0.1) is 6.61 Å².